The van der Waals surface area contributed by atoms with Crippen molar-refractivity contribution in [2.24, 2.45) is 5.73 Å². The zero-order valence-corrected chi connectivity index (χ0v) is 11.0. The summed E-state index contributed by atoms with van der Waals surface area (Å²) in [5.41, 5.74) is 6.07. The Bertz CT molecular complexity index is 559. The Morgan fingerprint density at radius 1 is 1.37 bits per heavy atom. The van der Waals surface area contributed by atoms with Crippen LogP contribution in [0.3, 0.4) is 0 Å². The van der Waals surface area contributed by atoms with Crippen molar-refractivity contribution in [1.82, 2.24) is 14.8 Å². The van der Waals surface area contributed by atoms with Gasteiger partial charge < -0.3 is 10.5 Å². The minimum Gasteiger partial charge on any atom is -0.486 e. The molecule has 0 spiro atoms. The first-order valence-electron chi connectivity index (χ1n) is 6.03. The van der Waals surface area contributed by atoms with E-state index in [2.05, 4.69) is 10.1 Å². The fourth-order valence-electron chi connectivity index (χ4n) is 1.69. The summed E-state index contributed by atoms with van der Waals surface area (Å²) in [6.07, 6.45) is 1.53. The third-order valence-electron chi connectivity index (χ3n) is 2.67. The van der Waals surface area contributed by atoms with Gasteiger partial charge in [-0.2, -0.15) is 5.10 Å². The van der Waals surface area contributed by atoms with E-state index >= 15 is 0 Å². The highest BCUT2D eigenvalue weighted by Gasteiger charge is 2.08. The molecule has 0 unspecified atom stereocenters. The van der Waals surface area contributed by atoms with Gasteiger partial charge in [0.25, 0.3) is 0 Å². The number of nitrogens with one attached hydrogen (secondary N) is 1. The molecule has 0 aliphatic rings. The second kappa shape index (κ2) is 5.51. The summed E-state index contributed by atoms with van der Waals surface area (Å²) in [4.78, 5) is 4.17. The minimum absolute atomic E-state index is 0.0473. The van der Waals surface area contributed by atoms with Crippen molar-refractivity contribution in [3.63, 3.8) is 0 Å². The Labute approximate surface area is 111 Å². The summed E-state index contributed by atoms with van der Waals surface area (Å²) in [6.45, 7) is 4.44. The van der Waals surface area contributed by atoms with Crippen LogP contribution in [-0.4, -0.2) is 20.6 Å². The maximum Gasteiger partial charge on any atom is 0.165 e. The number of hydrogen-bond donors (Lipinski definition) is 2. The Kier molecular flexibility index (Phi) is 3.79. The molecule has 0 saturated carbocycles. The highest BCUT2D eigenvalue weighted by molar-refractivity contribution is 5.94. The molecule has 6 nitrogen and oxygen atoms in total. The number of benzene rings is 1. The molecule has 1 aromatic carbocycles. The number of aromatic nitrogens is 3. The van der Waals surface area contributed by atoms with Crippen LogP contribution in [0.25, 0.3) is 0 Å². The molecular formula is C13H17N5O. The topological polar surface area (TPSA) is 89.8 Å². The summed E-state index contributed by atoms with van der Waals surface area (Å²) in [5.74, 6) is 1.54. The van der Waals surface area contributed by atoms with Crippen LogP contribution in [0, 0.1) is 5.41 Å². The van der Waals surface area contributed by atoms with Crippen LogP contribution in [0.15, 0.2) is 30.6 Å². The molecule has 0 bridgehead atoms. The maximum atomic E-state index is 7.31. The SMILES string of the molecule is CC(C)n1ncnc1COc1ccc(C(=N)N)cc1. The van der Waals surface area contributed by atoms with E-state index in [4.69, 9.17) is 15.9 Å². The Morgan fingerprint density at radius 2 is 2.05 bits per heavy atom. The van der Waals surface area contributed by atoms with Gasteiger partial charge in [-0.25, -0.2) is 9.67 Å². The first kappa shape index (κ1) is 13.1. The van der Waals surface area contributed by atoms with Crippen LogP contribution in [0.5, 0.6) is 5.75 Å². The molecule has 0 amide bonds. The predicted octanol–water partition coefficient (Wildman–Crippen LogP) is 1.72. The lowest BCUT2D eigenvalue weighted by molar-refractivity contribution is 0.282. The van der Waals surface area contributed by atoms with E-state index in [1.165, 1.54) is 6.33 Å². The van der Waals surface area contributed by atoms with Gasteiger partial charge in [-0.1, -0.05) is 0 Å². The number of rotatable bonds is 5. The van der Waals surface area contributed by atoms with Gasteiger partial charge in [0.15, 0.2) is 5.82 Å². The molecule has 19 heavy (non-hydrogen) atoms. The zero-order chi connectivity index (χ0) is 13.8. The monoisotopic (exact) mass is 259 g/mol. The van der Waals surface area contributed by atoms with Crippen LogP contribution in [-0.2, 0) is 6.61 Å². The van der Waals surface area contributed by atoms with Crippen molar-refractivity contribution in [1.29, 1.82) is 5.41 Å². The van der Waals surface area contributed by atoms with E-state index in [1.807, 2.05) is 18.5 Å². The Balaban J connectivity index is 2.02. The molecular weight excluding hydrogens is 242 g/mol. The van der Waals surface area contributed by atoms with Gasteiger partial charge in [-0.15, -0.1) is 0 Å². The maximum absolute atomic E-state index is 7.31. The number of nitrogens with zero attached hydrogens (tertiary/aromatic N) is 3. The average Bonchev–Trinajstić information content (AvgIpc) is 2.85. The zero-order valence-electron chi connectivity index (χ0n) is 11.0. The van der Waals surface area contributed by atoms with Gasteiger partial charge in [0.05, 0.1) is 0 Å². The van der Waals surface area contributed by atoms with Crippen molar-refractivity contribution >= 4 is 5.84 Å². The van der Waals surface area contributed by atoms with Crippen molar-refractivity contribution in [2.45, 2.75) is 26.5 Å². The molecule has 3 N–H and O–H groups in total. The fourth-order valence-corrected chi connectivity index (χ4v) is 1.69. The Hall–Kier alpha value is -2.37. The Morgan fingerprint density at radius 3 is 2.63 bits per heavy atom. The first-order chi connectivity index (χ1) is 9.08. The predicted molar refractivity (Wildman–Crippen MR) is 72.2 cm³/mol. The molecule has 1 aromatic heterocycles. The molecule has 0 fully saturated rings. The van der Waals surface area contributed by atoms with E-state index in [-0.39, 0.29) is 11.9 Å². The number of amidine groups is 1. The largest absolute Gasteiger partial charge is 0.486 e. The van der Waals surface area contributed by atoms with Gasteiger partial charge in [-0.3, -0.25) is 5.41 Å². The smallest absolute Gasteiger partial charge is 0.165 e. The quantitative estimate of drug-likeness (QED) is 0.632. The van der Waals surface area contributed by atoms with Crippen LogP contribution in [0.2, 0.25) is 0 Å². The van der Waals surface area contributed by atoms with E-state index in [0.717, 1.165) is 5.82 Å². The van der Waals surface area contributed by atoms with E-state index in [9.17, 15) is 0 Å². The van der Waals surface area contributed by atoms with E-state index in [1.54, 1.807) is 24.3 Å². The lowest BCUT2D eigenvalue weighted by Crippen LogP contribution is -2.11. The molecule has 0 aliphatic carbocycles. The standard InChI is InChI=1S/C13H17N5O/c1-9(2)18-12(16-8-17-18)7-19-11-5-3-10(4-6-11)13(14)15/h3-6,8-9H,7H2,1-2H3,(H3,14,15). The lowest BCUT2D eigenvalue weighted by Gasteiger charge is -2.10. The summed E-state index contributed by atoms with van der Waals surface area (Å²) >= 11 is 0. The lowest BCUT2D eigenvalue weighted by atomic mass is 10.2. The molecule has 0 atom stereocenters. The van der Waals surface area contributed by atoms with Gasteiger partial charge >= 0.3 is 0 Å². The van der Waals surface area contributed by atoms with Crippen LogP contribution >= 0.6 is 0 Å². The van der Waals surface area contributed by atoms with E-state index < -0.39 is 0 Å². The summed E-state index contributed by atoms with van der Waals surface area (Å²) in [7, 11) is 0. The molecule has 0 radical (unpaired) electrons. The number of nitrogens with two attached hydrogens (primary N) is 1. The average molecular weight is 259 g/mol. The highest BCUT2D eigenvalue weighted by Crippen LogP contribution is 2.14. The van der Waals surface area contributed by atoms with Gasteiger partial charge in [0.1, 0.15) is 24.5 Å². The number of nitrogen functional groups attached to an aromatic ring is 1. The fraction of sp³-hybridized carbons (Fsp3) is 0.308. The number of ether oxygens (including phenoxy) is 1. The van der Waals surface area contributed by atoms with E-state index in [0.29, 0.717) is 17.9 Å². The van der Waals surface area contributed by atoms with Gasteiger partial charge in [0, 0.05) is 11.6 Å². The summed E-state index contributed by atoms with van der Waals surface area (Å²) in [6, 6.07) is 7.33. The number of hydrogen-bond acceptors (Lipinski definition) is 4. The van der Waals surface area contributed by atoms with Crippen molar-refractivity contribution in [2.75, 3.05) is 0 Å². The van der Waals surface area contributed by atoms with Crippen molar-refractivity contribution in [3.05, 3.63) is 42.0 Å². The molecule has 2 aromatic rings. The molecule has 0 aliphatic heterocycles. The molecule has 2 rings (SSSR count). The van der Waals surface area contributed by atoms with Crippen molar-refractivity contribution < 1.29 is 4.74 Å². The molecule has 1 heterocycles. The summed E-state index contributed by atoms with van der Waals surface area (Å²) < 4.78 is 7.46. The highest BCUT2D eigenvalue weighted by atomic mass is 16.5. The third-order valence-corrected chi connectivity index (χ3v) is 2.67. The normalized spacial score (nSPS) is 10.7. The molecule has 6 heteroatoms. The second-order valence-corrected chi connectivity index (χ2v) is 4.44. The van der Waals surface area contributed by atoms with Crippen LogP contribution < -0.4 is 10.5 Å². The molecule has 100 valence electrons. The first-order valence-corrected chi connectivity index (χ1v) is 6.03. The van der Waals surface area contributed by atoms with Gasteiger partial charge in [0.2, 0.25) is 0 Å². The van der Waals surface area contributed by atoms with Crippen molar-refractivity contribution in [3.8, 4) is 5.75 Å². The molecule has 0 saturated heterocycles. The van der Waals surface area contributed by atoms with Crippen LogP contribution in [0.4, 0.5) is 0 Å². The minimum atomic E-state index is 0.0473. The van der Waals surface area contributed by atoms with Gasteiger partial charge in [-0.05, 0) is 38.1 Å². The second-order valence-electron chi connectivity index (χ2n) is 4.44. The van der Waals surface area contributed by atoms with Crippen LogP contribution in [0.1, 0.15) is 31.3 Å². The third kappa shape index (κ3) is 3.09. The summed E-state index contributed by atoms with van der Waals surface area (Å²) in [5, 5.41) is 11.5.